The summed E-state index contributed by atoms with van der Waals surface area (Å²) in [5.74, 6) is -0.736. The van der Waals surface area contributed by atoms with E-state index in [4.69, 9.17) is 4.99 Å². The number of rotatable bonds is 3. The van der Waals surface area contributed by atoms with Crippen LogP contribution in [0.5, 0.6) is 0 Å². The average Bonchev–Trinajstić information content (AvgIpc) is 2.95. The van der Waals surface area contributed by atoms with E-state index in [0.717, 1.165) is 54.1 Å². The van der Waals surface area contributed by atoms with Crippen LogP contribution in [0.15, 0.2) is 17.1 Å². The second-order valence-corrected chi connectivity index (χ2v) is 7.27. The molecule has 0 spiro atoms. The van der Waals surface area contributed by atoms with E-state index in [1.54, 1.807) is 0 Å². The maximum Gasteiger partial charge on any atom is 0.160 e. The number of aromatic nitrogens is 1. The van der Waals surface area contributed by atoms with E-state index in [0.29, 0.717) is 5.52 Å². The zero-order chi connectivity index (χ0) is 16.5. The van der Waals surface area contributed by atoms with Crippen molar-refractivity contribution in [2.24, 2.45) is 10.9 Å². The molecule has 1 fully saturated rings. The maximum atomic E-state index is 13.6. The zero-order valence-corrected chi connectivity index (χ0v) is 14.0. The van der Waals surface area contributed by atoms with Crippen molar-refractivity contribution in [1.82, 2.24) is 4.98 Å². The molecule has 2 aromatic rings. The molecule has 128 valence electrons. The van der Waals surface area contributed by atoms with Gasteiger partial charge < -0.3 is 4.98 Å². The van der Waals surface area contributed by atoms with Crippen molar-refractivity contribution in [2.75, 3.05) is 6.54 Å². The van der Waals surface area contributed by atoms with Gasteiger partial charge in [-0.1, -0.05) is 32.1 Å². The molecule has 1 aromatic heterocycles. The molecule has 4 rings (SSSR count). The molecule has 4 heteroatoms. The predicted octanol–water partition coefficient (Wildman–Crippen LogP) is 5.54. The molecule has 1 N–H and O–H groups in total. The Kier molecular flexibility index (Phi) is 4.38. The number of nitrogens with zero attached hydrogens (tertiary/aromatic N) is 1. The van der Waals surface area contributed by atoms with Crippen LogP contribution >= 0.6 is 0 Å². The number of benzene rings is 1. The normalized spacial score (nSPS) is 20.7. The summed E-state index contributed by atoms with van der Waals surface area (Å²) in [6, 6.07) is 2.59. The Morgan fingerprint density at radius 2 is 1.79 bits per heavy atom. The van der Waals surface area contributed by atoms with Crippen LogP contribution in [0.25, 0.3) is 10.9 Å². The molecule has 1 saturated carbocycles. The molecule has 0 bridgehead atoms. The first kappa shape index (κ1) is 15.8. The van der Waals surface area contributed by atoms with E-state index in [9.17, 15) is 8.78 Å². The number of fused-ring (bicyclic) bond motifs is 3. The summed E-state index contributed by atoms with van der Waals surface area (Å²) >= 11 is 0. The van der Waals surface area contributed by atoms with E-state index in [1.165, 1.54) is 50.7 Å². The molecule has 0 aliphatic heterocycles. The average molecular weight is 330 g/mol. The predicted molar refractivity (Wildman–Crippen MR) is 93.7 cm³/mol. The number of aromatic amines is 1. The summed E-state index contributed by atoms with van der Waals surface area (Å²) < 4.78 is 27.1. The lowest BCUT2D eigenvalue weighted by atomic mass is 9.87. The molecule has 2 nitrogen and oxygen atoms in total. The molecule has 1 heterocycles. The van der Waals surface area contributed by atoms with Crippen LogP contribution in [0.2, 0.25) is 0 Å². The topological polar surface area (TPSA) is 28.1 Å². The molecular formula is C20H24F2N2. The lowest BCUT2D eigenvalue weighted by molar-refractivity contribution is 0.343. The van der Waals surface area contributed by atoms with E-state index in [1.807, 2.05) is 0 Å². The summed E-state index contributed by atoms with van der Waals surface area (Å²) in [5, 5.41) is 0.809. The third-order valence-electron chi connectivity index (χ3n) is 5.64. The molecule has 0 saturated heterocycles. The van der Waals surface area contributed by atoms with Crippen LogP contribution in [0.3, 0.4) is 0 Å². The largest absolute Gasteiger partial charge is 0.353 e. The van der Waals surface area contributed by atoms with Gasteiger partial charge in [0.1, 0.15) is 0 Å². The number of hydrogen-bond donors (Lipinski definition) is 1. The maximum absolute atomic E-state index is 13.6. The summed E-state index contributed by atoms with van der Waals surface area (Å²) in [7, 11) is 0. The summed E-state index contributed by atoms with van der Waals surface area (Å²) in [6.07, 6.45) is 10.9. The molecule has 2 aliphatic carbocycles. The Balaban J connectivity index is 1.57. The van der Waals surface area contributed by atoms with Gasteiger partial charge in [-0.3, -0.25) is 4.99 Å². The third-order valence-corrected chi connectivity index (χ3v) is 5.64. The second-order valence-electron chi connectivity index (χ2n) is 7.27. The minimum atomic E-state index is -0.795. The quantitative estimate of drug-likeness (QED) is 0.765. The van der Waals surface area contributed by atoms with Gasteiger partial charge in [-0.2, -0.15) is 0 Å². The number of H-pyrrole nitrogens is 1. The highest BCUT2D eigenvalue weighted by atomic mass is 19.2. The highest BCUT2D eigenvalue weighted by Crippen LogP contribution is 2.31. The standard InChI is InChI=1S/C20H24F2N2/c21-16-11-15-14-7-4-8-18(20(14)24-19(15)12-17(16)22)23-10-9-13-5-2-1-3-6-13/h11-13,24H,1-10H2. The first-order valence-electron chi connectivity index (χ1n) is 9.25. The number of aliphatic imine (C=N–C) groups is 1. The van der Waals surface area contributed by atoms with E-state index in [2.05, 4.69) is 4.98 Å². The van der Waals surface area contributed by atoms with Crippen molar-refractivity contribution in [3.05, 3.63) is 35.0 Å². The Hall–Kier alpha value is -1.71. The van der Waals surface area contributed by atoms with Gasteiger partial charge >= 0.3 is 0 Å². The van der Waals surface area contributed by atoms with Crippen molar-refractivity contribution < 1.29 is 8.78 Å². The molecule has 0 atom stereocenters. The van der Waals surface area contributed by atoms with Crippen molar-refractivity contribution in [2.45, 2.75) is 57.8 Å². The zero-order valence-electron chi connectivity index (χ0n) is 14.0. The van der Waals surface area contributed by atoms with Crippen LogP contribution in [-0.4, -0.2) is 17.2 Å². The monoisotopic (exact) mass is 330 g/mol. The molecule has 0 amide bonds. The van der Waals surface area contributed by atoms with Gasteiger partial charge in [-0.25, -0.2) is 8.78 Å². The summed E-state index contributed by atoms with van der Waals surface area (Å²) in [4.78, 5) is 8.14. The van der Waals surface area contributed by atoms with Crippen LogP contribution < -0.4 is 0 Å². The van der Waals surface area contributed by atoms with E-state index >= 15 is 0 Å². The van der Waals surface area contributed by atoms with E-state index in [-0.39, 0.29) is 0 Å². The Labute approximate surface area is 141 Å². The molecule has 0 unspecified atom stereocenters. The van der Waals surface area contributed by atoms with Gasteiger partial charge in [-0.15, -0.1) is 0 Å². The van der Waals surface area contributed by atoms with Gasteiger partial charge in [-0.05, 0) is 43.2 Å². The van der Waals surface area contributed by atoms with Crippen LogP contribution in [0.1, 0.15) is 62.6 Å². The minimum Gasteiger partial charge on any atom is -0.353 e. The van der Waals surface area contributed by atoms with Crippen LogP contribution in [0, 0.1) is 17.6 Å². The first-order chi connectivity index (χ1) is 11.7. The Bertz CT molecular complexity index is 770. The SMILES string of the molecule is Fc1cc2[nH]c3c(c2cc1F)CCCC3=NCCC1CCCCC1. The van der Waals surface area contributed by atoms with Gasteiger partial charge in [0.05, 0.1) is 11.4 Å². The first-order valence-corrected chi connectivity index (χ1v) is 9.25. The molecule has 24 heavy (non-hydrogen) atoms. The number of halogens is 2. The lowest BCUT2D eigenvalue weighted by Crippen LogP contribution is -2.13. The molecule has 1 aromatic carbocycles. The number of aryl methyl sites for hydroxylation is 1. The van der Waals surface area contributed by atoms with Gasteiger partial charge in [0.2, 0.25) is 0 Å². The van der Waals surface area contributed by atoms with Crippen molar-refractivity contribution in [3.8, 4) is 0 Å². The van der Waals surface area contributed by atoms with Crippen LogP contribution in [0.4, 0.5) is 8.78 Å². The third kappa shape index (κ3) is 2.99. The number of hydrogen-bond acceptors (Lipinski definition) is 1. The van der Waals surface area contributed by atoms with Gasteiger partial charge in [0.15, 0.2) is 11.6 Å². The van der Waals surface area contributed by atoms with E-state index < -0.39 is 11.6 Å². The summed E-state index contributed by atoms with van der Waals surface area (Å²) in [5.41, 5.74) is 3.88. The fourth-order valence-electron chi connectivity index (χ4n) is 4.32. The number of nitrogens with one attached hydrogen (secondary N) is 1. The van der Waals surface area contributed by atoms with Gasteiger partial charge in [0, 0.05) is 23.5 Å². The smallest absolute Gasteiger partial charge is 0.160 e. The Morgan fingerprint density at radius 3 is 2.62 bits per heavy atom. The Morgan fingerprint density at radius 1 is 1.00 bits per heavy atom. The van der Waals surface area contributed by atoms with Crippen molar-refractivity contribution >= 4 is 16.6 Å². The van der Waals surface area contributed by atoms with Crippen molar-refractivity contribution in [1.29, 1.82) is 0 Å². The fraction of sp³-hybridized carbons (Fsp3) is 0.550. The highest BCUT2D eigenvalue weighted by Gasteiger charge is 2.22. The highest BCUT2D eigenvalue weighted by molar-refractivity contribution is 6.06. The van der Waals surface area contributed by atoms with Gasteiger partial charge in [0.25, 0.3) is 0 Å². The summed E-state index contributed by atoms with van der Waals surface area (Å²) in [6.45, 7) is 0.873. The molecular weight excluding hydrogens is 306 g/mol. The fourth-order valence-corrected chi connectivity index (χ4v) is 4.32. The lowest BCUT2D eigenvalue weighted by Gasteiger charge is -2.21. The molecule has 0 radical (unpaired) electrons. The molecule has 2 aliphatic rings. The minimum absolute atomic E-state index is 0.681. The second kappa shape index (κ2) is 6.66. The van der Waals surface area contributed by atoms with Crippen molar-refractivity contribution in [3.63, 3.8) is 0 Å². The van der Waals surface area contributed by atoms with Crippen LogP contribution in [-0.2, 0) is 6.42 Å².